The van der Waals surface area contributed by atoms with Crippen LogP contribution in [0.5, 0.6) is 11.5 Å². The first kappa shape index (κ1) is 25.3. The van der Waals surface area contributed by atoms with Crippen molar-refractivity contribution in [2.75, 3.05) is 13.2 Å². The third-order valence-electron chi connectivity index (χ3n) is 5.42. The van der Waals surface area contributed by atoms with E-state index in [1.165, 1.54) is 5.56 Å². The lowest BCUT2D eigenvalue weighted by molar-refractivity contribution is -0.123. The van der Waals surface area contributed by atoms with E-state index in [0.717, 1.165) is 16.5 Å². The van der Waals surface area contributed by atoms with Crippen molar-refractivity contribution in [3.8, 4) is 11.5 Å². The maximum atomic E-state index is 12.7. The summed E-state index contributed by atoms with van der Waals surface area (Å²) in [4.78, 5) is 24.9. The molecular formula is C27H29BrN2O4. The van der Waals surface area contributed by atoms with E-state index in [4.69, 9.17) is 9.47 Å². The van der Waals surface area contributed by atoms with Crippen molar-refractivity contribution in [2.24, 2.45) is 0 Å². The Morgan fingerprint density at radius 1 is 0.941 bits per heavy atom. The molecule has 3 rings (SSSR count). The lowest BCUT2D eigenvalue weighted by atomic mass is 9.99. The Labute approximate surface area is 208 Å². The van der Waals surface area contributed by atoms with Crippen LogP contribution in [0, 0.1) is 0 Å². The topological polar surface area (TPSA) is 76.7 Å². The number of ether oxygens (including phenoxy) is 2. The predicted octanol–water partition coefficient (Wildman–Crippen LogP) is 5.42. The first-order valence-electron chi connectivity index (χ1n) is 11.2. The number of hydrogen-bond donors (Lipinski definition) is 2. The van der Waals surface area contributed by atoms with Crippen molar-refractivity contribution < 1.29 is 19.1 Å². The van der Waals surface area contributed by atoms with Crippen LogP contribution in [0.4, 0.5) is 0 Å². The highest BCUT2D eigenvalue weighted by atomic mass is 79.9. The smallest absolute Gasteiger partial charge is 0.276 e. The quantitative estimate of drug-likeness (QED) is 0.347. The third-order valence-corrected chi connectivity index (χ3v) is 5.92. The highest BCUT2D eigenvalue weighted by molar-refractivity contribution is 9.10. The second-order valence-electron chi connectivity index (χ2n) is 7.89. The molecule has 34 heavy (non-hydrogen) atoms. The number of hydrogen-bond acceptors (Lipinski definition) is 4. The van der Waals surface area contributed by atoms with E-state index in [9.17, 15) is 9.59 Å². The average molecular weight is 525 g/mol. The molecule has 0 aliphatic rings. The van der Waals surface area contributed by atoms with Gasteiger partial charge in [0.2, 0.25) is 0 Å². The monoisotopic (exact) mass is 524 g/mol. The molecule has 3 aromatic carbocycles. The van der Waals surface area contributed by atoms with Crippen LogP contribution in [0.1, 0.15) is 47.7 Å². The minimum absolute atomic E-state index is 0.220. The zero-order valence-corrected chi connectivity index (χ0v) is 20.9. The Bertz CT molecular complexity index is 1090. The fourth-order valence-corrected chi connectivity index (χ4v) is 3.60. The second-order valence-corrected chi connectivity index (χ2v) is 8.81. The lowest BCUT2D eigenvalue weighted by Crippen LogP contribution is -2.44. The molecule has 3 aromatic rings. The van der Waals surface area contributed by atoms with Crippen molar-refractivity contribution in [3.63, 3.8) is 0 Å². The summed E-state index contributed by atoms with van der Waals surface area (Å²) >= 11 is 3.38. The van der Waals surface area contributed by atoms with Crippen LogP contribution in [0.3, 0.4) is 0 Å². The van der Waals surface area contributed by atoms with Gasteiger partial charge in [0.05, 0.1) is 12.2 Å². The molecular weight excluding hydrogens is 496 g/mol. The Balaban J connectivity index is 1.49. The molecule has 0 aromatic heterocycles. The normalized spacial score (nSPS) is 11.4. The van der Waals surface area contributed by atoms with E-state index in [1.807, 2.05) is 54.6 Å². The van der Waals surface area contributed by atoms with Crippen molar-refractivity contribution in [3.05, 3.63) is 94.0 Å². The van der Waals surface area contributed by atoms with Crippen LogP contribution >= 0.6 is 15.9 Å². The highest BCUT2D eigenvalue weighted by Crippen LogP contribution is 2.24. The van der Waals surface area contributed by atoms with Gasteiger partial charge in [-0.15, -0.1) is 0 Å². The number of nitrogens with one attached hydrogen (secondary N) is 2. The summed E-state index contributed by atoms with van der Waals surface area (Å²) in [6.45, 7) is 4.50. The van der Waals surface area contributed by atoms with Crippen molar-refractivity contribution >= 4 is 27.7 Å². The maximum Gasteiger partial charge on any atom is 0.276 e. The SMILES string of the molecule is CCC(C)c1ccc(OCC(=O)NNC(=O)c2cc(Br)ccc2OCCc2ccccc2)cc1. The van der Waals surface area contributed by atoms with Crippen LogP contribution < -0.4 is 20.3 Å². The fraction of sp³-hybridized carbons (Fsp3) is 0.259. The van der Waals surface area contributed by atoms with E-state index in [0.29, 0.717) is 36.0 Å². The lowest BCUT2D eigenvalue weighted by Gasteiger charge is -2.13. The minimum Gasteiger partial charge on any atom is -0.492 e. The summed E-state index contributed by atoms with van der Waals surface area (Å²) in [5.41, 5.74) is 7.49. The molecule has 178 valence electrons. The van der Waals surface area contributed by atoms with Gasteiger partial charge in [-0.2, -0.15) is 0 Å². The minimum atomic E-state index is -0.484. The number of carbonyl (C=O) groups is 2. The summed E-state index contributed by atoms with van der Waals surface area (Å²) in [5, 5.41) is 0. The first-order chi connectivity index (χ1) is 16.5. The molecule has 0 aliphatic heterocycles. The highest BCUT2D eigenvalue weighted by Gasteiger charge is 2.15. The summed E-state index contributed by atoms with van der Waals surface area (Å²) in [5.74, 6) is 0.541. The number of amides is 2. The molecule has 0 radical (unpaired) electrons. The summed E-state index contributed by atoms with van der Waals surface area (Å²) < 4.78 is 12.1. The van der Waals surface area contributed by atoms with Gasteiger partial charge in [0, 0.05) is 10.9 Å². The molecule has 2 N–H and O–H groups in total. The van der Waals surface area contributed by atoms with Gasteiger partial charge in [0.1, 0.15) is 11.5 Å². The van der Waals surface area contributed by atoms with Gasteiger partial charge in [-0.1, -0.05) is 72.2 Å². The van der Waals surface area contributed by atoms with Crippen LogP contribution in [0.25, 0.3) is 0 Å². The molecule has 1 atom stereocenters. The molecule has 0 fully saturated rings. The van der Waals surface area contributed by atoms with E-state index < -0.39 is 11.8 Å². The average Bonchev–Trinajstić information content (AvgIpc) is 2.87. The third kappa shape index (κ3) is 7.63. The molecule has 0 heterocycles. The molecule has 7 heteroatoms. The van der Waals surface area contributed by atoms with Gasteiger partial charge in [0.15, 0.2) is 6.61 Å². The Kier molecular flexibility index (Phi) is 9.52. The zero-order chi connectivity index (χ0) is 24.3. The number of hydrazine groups is 1. The van der Waals surface area contributed by atoms with Gasteiger partial charge in [-0.25, -0.2) is 0 Å². The zero-order valence-electron chi connectivity index (χ0n) is 19.3. The molecule has 6 nitrogen and oxygen atoms in total. The fourth-order valence-electron chi connectivity index (χ4n) is 3.24. The van der Waals surface area contributed by atoms with E-state index in [1.54, 1.807) is 18.2 Å². The van der Waals surface area contributed by atoms with Crippen LogP contribution in [-0.2, 0) is 11.2 Å². The molecule has 0 saturated heterocycles. The molecule has 2 amide bonds. The van der Waals surface area contributed by atoms with Gasteiger partial charge in [-0.05, 0) is 53.8 Å². The van der Waals surface area contributed by atoms with Gasteiger partial charge in [-0.3, -0.25) is 20.4 Å². The van der Waals surface area contributed by atoms with E-state index in [2.05, 4.69) is 40.6 Å². The second kappa shape index (κ2) is 12.8. The first-order valence-corrected chi connectivity index (χ1v) is 12.0. The number of halogens is 1. The molecule has 1 unspecified atom stereocenters. The van der Waals surface area contributed by atoms with Gasteiger partial charge < -0.3 is 9.47 Å². The largest absolute Gasteiger partial charge is 0.492 e. The van der Waals surface area contributed by atoms with E-state index >= 15 is 0 Å². The summed E-state index contributed by atoms with van der Waals surface area (Å²) in [7, 11) is 0. The van der Waals surface area contributed by atoms with E-state index in [-0.39, 0.29) is 6.61 Å². The molecule has 0 saturated carbocycles. The van der Waals surface area contributed by atoms with Crippen molar-refractivity contribution in [1.29, 1.82) is 0 Å². The number of rotatable bonds is 10. The summed E-state index contributed by atoms with van der Waals surface area (Å²) in [6.07, 6.45) is 1.77. The van der Waals surface area contributed by atoms with Crippen LogP contribution in [0.15, 0.2) is 77.3 Å². The Morgan fingerprint density at radius 3 is 2.38 bits per heavy atom. The predicted molar refractivity (Wildman–Crippen MR) is 136 cm³/mol. The van der Waals surface area contributed by atoms with Gasteiger partial charge in [0.25, 0.3) is 11.8 Å². The number of benzene rings is 3. The molecule has 0 spiro atoms. The van der Waals surface area contributed by atoms with Crippen molar-refractivity contribution in [1.82, 2.24) is 10.9 Å². The molecule has 0 aliphatic carbocycles. The van der Waals surface area contributed by atoms with Gasteiger partial charge >= 0.3 is 0 Å². The Hall–Kier alpha value is -3.32. The standard InChI is InChI=1S/C27H29BrN2O4/c1-3-19(2)21-9-12-23(13-10-21)34-18-26(31)29-30-27(32)24-17-22(28)11-14-25(24)33-16-15-20-7-5-4-6-8-20/h4-14,17,19H,3,15-16,18H2,1-2H3,(H,29,31)(H,30,32). The Morgan fingerprint density at radius 2 is 1.68 bits per heavy atom. The van der Waals surface area contributed by atoms with Crippen LogP contribution in [-0.4, -0.2) is 25.0 Å². The number of carbonyl (C=O) groups excluding carboxylic acids is 2. The van der Waals surface area contributed by atoms with Crippen LogP contribution in [0.2, 0.25) is 0 Å². The van der Waals surface area contributed by atoms with Crippen molar-refractivity contribution in [2.45, 2.75) is 32.6 Å². The maximum absolute atomic E-state index is 12.7. The molecule has 0 bridgehead atoms. The summed E-state index contributed by atoms with van der Waals surface area (Å²) in [6, 6.07) is 22.8.